The zero-order valence-electron chi connectivity index (χ0n) is 17.6. The van der Waals surface area contributed by atoms with Gasteiger partial charge in [-0.1, -0.05) is 30.3 Å². The fourth-order valence-electron chi connectivity index (χ4n) is 3.64. The molecule has 1 aliphatic heterocycles. The van der Waals surface area contributed by atoms with E-state index >= 15 is 0 Å². The molecule has 0 saturated carbocycles. The second kappa shape index (κ2) is 8.20. The Balaban J connectivity index is 1.84. The Kier molecular flexibility index (Phi) is 5.53. The second-order valence-corrected chi connectivity index (χ2v) is 7.63. The van der Waals surface area contributed by atoms with Crippen LogP contribution in [0.4, 0.5) is 28.9 Å². The van der Waals surface area contributed by atoms with Gasteiger partial charge in [0.15, 0.2) is 0 Å². The number of carbonyl (C=O) groups excluding carboxylic acids is 2. The number of hydrogen-bond acceptors (Lipinski definition) is 3. The predicted molar refractivity (Wildman–Crippen MR) is 117 cm³/mol. The number of nitrogens with zero attached hydrogens (tertiary/aromatic N) is 1. The summed E-state index contributed by atoms with van der Waals surface area (Å²) in [6, 6.07) is 14.5. The lowest BCUT2D eigenvalue weighted by atomic mass is 10.0. The molecule has 0 spiro atoms. The van der Waals surface area contributed by atoms with Crippen molar-refractivity contribution in [2.75, 3.05) is 10.2 Å². The van der Waals surface area contributed by atoms with Gasteiger partial charge in [0.1, 0.15) is 11.5 Å². The lowest BCUT2D eigenvalue weighted by molar-refractivity contribution is -0.137. The van der Waals surface area contributed by atoms with Crippen LogP contribution in [0.1, 0.15) is 22.3 Å². The van der Waals surface area contributed by atoms with E-state index in [1.807, 2.05) is 13.0 Å². The summed E-state index contributed by atoms with van der Waals surface area (Å²) in [5, 5.41) is 2.70. The van der Waals surface area contributed by atoms with E-state index in [0.717, 1.165) is 34.7 Å². The maximum atomic E-state index is 13.5. The molecular formula is C25H18F4N2O2. The van der Waals surface area contributed by atoms with Crippen molar-refractivity contribution in [3.63, 3.8) is 0 Å². The molecule has 1 heterocycles. The molecule has 168 valence electrons. The zero-order chi connectivity index (χ0) is 23.9. The number of alkyl halides is 3. The first-order valence-corrected chi connectivity index (χ1v) is 9.97. The zero-order valence-corrected chi connectivity index (χ0v) is 17.6. The number of anilines is 2. The fourth-order valence-corrected chi connectivity index (χ4v) is 3.64. The van der Waals surface area contributed by atoms with E-state index in [4.69, 9.17) is 0 Å². The summed E-state index contributed by atoms with van der Waals surface area (Å²) in [7, 11) is 0. The SMILES string of the molecule is Cc1cccc(N2C(=O)C(Nc3cccc(C(F)(F)F)c3)=C(c3ccc(F)cc3)C2=O)c1C. The lowest BCUT2D eigenvalue weighted by Crippen LogP contribution is -2.33. The first-order chi connectivity index (χ1) is 15.6. The normalized spacial score (nSPS) is 14.3. The van der Waals surface area contributed by atoms with Gasteiger partial charge in [-0.05, 0) is 66.9 Å². The Labute approximate surface area is 187 Å². The molecule has 3 aromatic rings. The standard InChI is InChI=1S/C25H18F4N2O2/c1-14-5-3-8-20(15(14)2)31-23(32)21(16-9-11-18(26)12-10-16)22(24(31)33)30-19-7-4-6-17(13-19)25(27,28)29/h3-13,30H,1-2H3. The van der Waals surface area contributed by atoms with Gasteiger partial charge in [-0.3, -0.25) is 9.59 Å². The molecule has 8 heteroatoms. The molecule has 0 aromatic heterocycles. The summed E-state index contributed by atoms with van der Waals surface area (Å²) in [5.74, 6) is -1.91. The highest BCUT2D eigenvalue weighted by Crippen LogP contribution is 2.37. The summed E-state index contributed by atoms with van der Waals surface area (Å²) in [6.45, 7) is 3.60. The molecule has 0 saturated heterocycles. The van der Waals surface area contributed by atoms with Crippen LogP contribution >= 0.6 is 0 Å². The number of halogens is 4. The molecule has 3 aromatic carbocycles. The topological polar surface area (TPSA) is 49.4 Å². The van der Waals surface area contributed by atoms with Gasteiger partial charge in [0.25, 0.3) is 11.8 Å². The highest BCUT2D eigenvalue weighted by Gasteiger charge is 2.41. The van der Waals surface area contributed by atoms with Crippen molar-refractivity contribution < 1.29 is 27.2 Å². The van der Waals surface area contributed by atoms with E-state index in [9.17, 15) is 27.2 Å². The van der Waals surface area contributed by atoms with Gasteiger partial charge in [0.05, 0.1) is 16.8 Å². The first kappa shape index (κ1) is 22.3. The highest BCUT2D eigenvalue weighted by atomic mass is 19.4. The third-order valence-corrected chi connectivity index (χ3v) is 5.49. The van der Waals surface area contributed by atoms with Crippen LogP contribution in [0.25, 0.3) is 5.57 Å². The Morgan fingerprint density at radius 2 is 1.52 bits per heavy atom. The summed E-state index contributed by atoms with van der Waals surface area (Å²) < 4.78 is 53.0. The van der Waals surface area contributed by atoms with E-state index in [-0.39, 0.29) is 22.5 Å². The molecule has 2 amide bonds. The van der Waals surface area contributed by atoms with Gasteiger partial charge in [0.2, 0.25) is 0 Å². The van der Waals surface area contributed by atoms with E-state index in [1.54, 1.807) is 19.1 Å². The predicted octanol–water partition coefficient (Wildman–Crippen LogP) is 5.86. The van der Waals surface area contributed by atoms with Crippen molar-refractivity contribution in [1.82, 2.24) is 0 Å². The maximum Gasteiger partial charge on any atom is 0.416 e. The molecule has 33 heavy (non-hydrogen) atoms. The summed E-state index contributed by atoms with van der Waals surface area (Å²) in [5.41, 5.74) is 1.03. The van der Waals surface area contributed by atoms with Crippen LogP contribution in [0.3, 0.4) is 0 Å². The van der Waals surface area contributed by atoms with Crippen molar-refractivity contribution >= 4 is 28.8 Å². The lowest BCUT2D eigenvalue weighted by Gasteiger charge is -2.19. The van der Waals surface area contributed by atoms with Crippen LogP contribution < -0.4 is 10.2 Å². The number of aryl methyl sites for hydroxylation is 1. The number of nitrogens with one attached hydrogen (secondary N) is 1. The van der Waals surface area contributed by atoms with Gasteiger partial charge in [-0.2, -0.15) is 13.2 Å². The van der Waals surface area contributed by atoms with Gasteiger partial charge < -0.3 is 5.32 Å². The van der Waals surface area contributed by atoms with Gasteiger partial charge in [-0.25, -0.2) is 9.29 Å². The number of amides is 2. The third kappa shape index (κ3) is 4.11. The van der Waals surface area contributed by atoms with Crippen molar-refractivity contribution in [2.24, 2.45) is 0 Å². The maximum absolute atomic E-state index is 13.5. The van der Waals surface area contributed by atoms with Crippen molar-refractivity contribution in [2.45, 2.75) is 20.0 Å². The van der Waals surface area contributed by atoms with Gasteiger partial charge in [-0.15, -0.1) is 0 Å². The number of imide groups is 1. The molecular weight excluding hydrogens is 436 g/mol. The Morgan fingerprint density at radius 3 is 2.18 bits per heavy atom. The minimum Gasteiger partial charge on any atom is -0.350 e. The van der Waals surface area contributed by atoms with Crippen molar-refractivity contribution in [3.05, 3.63) is 100 Å². The Hall–Kier alpha value is -3.94. The van der Waals surface area contributed by atoms with Gasteiger partial charge in [0, 0.05) is 5.69 Å². The smallest absolute Gasteiger partial charge is 0.350 e. The van der Waals surface area contributed by atoms with E-state index < -0.39 is 29.4 Å². The molecule has 0 fully saturated rings. The Bertz CT molecular complexity index is 1290. The molecule has 0 bridgehead atoms. The molecule has 0 unspecified atom stereocenters. The van der Waals surface area contributed by atoms with Crippen LogP contribution in [0.15, 0.2) is 72.4 Å². The number of carbonyl (C=O) groups is 2. The molecule has 0 aliphatic carbocycles. The summed E-state index contributed by atoms with van der Waals surface area (Å²) in [4.78, 5) is 27.8. The highest BCUT2D eigenvalue weighted by molar-refractivity contribution is 6.46. The average Bonchev–Trinajstić information content (AvgIpc) is 3.00. The molecule has 0 radical (unpaired) electrons. The van der Waals surface area contributed by atoms with Crippen LogP contribution in [-0.2, 0) is 15.8 Å². The van der Waals surface area contributed by atoms with E-state index in [0.29, 0.717) is 11.3 Å². The van der Waals surface area contributed by atoms with Gasteiger partial charge >= 0.3 is 6.18 Å². The molecule has 1 aliphatic rings. The van der Waals surface area contributed by atoms with Crippen LogP contribution in [0.5, 0.6) is 0 Å². The molecule has 0 atom stereocenters. The minimum atomic E-state index is -4.58. The molecule has 4 rings (SSSR count). The number of benzene rings is 3. The van der Waals surface area contributed by atoms with Crippen molar-refractivity contribution in [1.29, 1.82) is 0 Å². The number of hydrogen-bond donors (Lipinski definition) is 1. The van der Waals surface area contributed by atoms with Crippen LogP contribution in [-0.4, -0.2) is 11.8 Å². The average molecular weight is 454 g/mol. The van der Waals surface area contributed by atoms with Crippen molar-refractivity contribution in [3.8, 4) is 0 Å². The quantitative estimate of drug-likeness (QED) is 0.397. The monoisotopic (exact) mass is 454 g/mol. The van der Waals surface area contributed by atoms with Crippen LogP contribution in [0, 0.1) is 19.7 Å². The third-order valence-electron chi connectivity index (χ3n) is 5.49. The van der Waals surface area contributed by atoms with E-state index in [2.05, 4.69) is 5.32 Å². The van der Waals surface area contributed by atoms with E-state index in [1.165, 1.54) is 24.3 Å². The minimum absolute atomic E-state index is 0.0107. The second-order valence-electron chi connectivity index (χ2n) is 7.63. The van der Waals surface area contributed by atoms with Crippen LogP contribution in [0.2, 0.25) is 0 Å². The fraction of sp³-hybridized carbons (Fsp3) is 0.120. The Morgan fingerprint density at radius 1 is 0.848 bits per heavy atom. The summed E-state index contributed by atoms with van der Waals surface area (Å²) in [6.07, 6.45) is -4.58. The summed E-state index contributed by atoms with van der Waals surface area (Å²) >= 11 is 0. The molecule has 4 nitrogen and oxygen atoms in total. The number of rotatable bonds is 4. The molecule has 1 N–H and O–H groups in total. The first-order valence-electron chi connectivity index (χ1n) is 9.97. The largest absolute Gasteiger partial charge is 0.416 e.